The van der Waals surface area contributed by atoms with E-state index < -0.39 is 0 Å². The molecule has 1 N–H and O–H groups in total. The molecule has 2 aromatic carbocycles. The maximum Gasteiger partial charge on any atom is 0.0657 e. The Morgan fingerprint density at radius 1 is 1.00 bits per heavy atom. The van der Waals surface area contributed by atoms with E-state index in [1.165, 1.54) is 4.90 Å². The summed E-state index contributed by atoms with van der Waals surface area (Å²) in [6.07, 6.45) is 0. The molecule has 106 valence electrons. The van der Waals surface area contributed by atoms with E-state index in [2.05, 4.69) is 18.3 Å². The van der Waals surface area contributed by atoms with Gasteiger partial charge in [0.25, 0.3) is 0 Å². The number of hydrogen-bond donors (Lipinski definition) is 1. The first-order chi connectivity index (χ1) is 9.63. The van der Waals surface area contributed by atoms with E-state index in [-0.39, 0.29) is 0 Å². The molecule has 0 atom stereocenters. The van der Waals surface area contributed by atoms with Crippen LogP contribution < -0.4 is 5.32 Å². The van der Waals surface area contributed by atoms with Gasteiger partial charge < -0.3 is 5.32 Å². The molecule has 0 saturated carbocycles. The van der Waals surface area contributed by atoms with Gasteiger partial charge in [-0.1, -0.05) is 53.9 Å². The highest BCUT2D eigenvalue weighted by Crippen LogP contribution is 2.33. The lowest BCUT2D eigenvalue weighted by Crippen LogP contribution is -2.02. The Kier molecular flexibility index (Phi) is 5.91. The van der Waals surface area contributed by atoms with E-state index in [1.807, 2.05) is 18.2 Å². The van der Waals surface area contributed by atoms with Crippen LogP contribution >= 0.6 is 46.6 Å². The van der Waals surface area contributed by atoms with Crippen molar-refractivity contribution in [1.29, 1.82) is 0 Å². The first-order valence-electron chi connectivity index (χ1n) is 6.21. The molecule has 0 radical (unpaired) electrons. The lowest BCUT2D eigenvalue weighted by Gasteiger charge is -2.13. The van der Waals surface area contributed by atoms with Crippen LogP contribution in [0.3, 0.4) is 0 Å². The zero-order chi connectivity index (χ0) is 14.5. The van der Waals surface area contributed by atoms with Crippen LogP contribution in [0.4, 0.5) is 5.69 Å². The van der Waals surface area contributed by atoms with Crippen molar-refractivity contribution in [2.75, 3.05) is 11.1 Å². The van der Waals surface area contributed by atoms with Crippen molar-refractivity contribution < 1.29 is 0 Å². The largest absolute Gasteiger partial charge is 0.380 e. The molecule has 0 amide bonds. The number of anilines is 1. The Hall–Kier alpha value is -0.540. The Balaban J connectivity index is 2.19. The topological polar surface area (TPSA) is 12.0 Å². The summed E-state index contributed by atoms with van der Waals surface area (Å²) in [5.74, 6) is 1.03. The molecule has 0 unspecified atom stereocenters. The number of thioether (sulfide) groups is 1. The maximum absolute atomic E-state index is 6.20. The van der Waals surface area contributed by atoms with Gasteiger partial charge >= 0.3 is 0 Å². The van der Waals surface area contributed by atoms with Gasteiger partial charge in [0.15, 0.2) is 0 Å². The van der Waals surface area contributed by atoms with E-state index in [0.717, 1.165) is 17.0 Å². The molecule has 0 heterocycles. The van der Waals surface area contributed by atoms with Crippen LogP contribution in [0, 0.1) is 0 Å². The summed E-state index contributed by atoms with van der Waals surface area (Å²) in [7, 11) is 0. The summed E-state index contributed by atoms with van der Waals surface area (Å²) in [6.45, 7) is 2.67. The molecule has 0 aromatic heterocycles. The summed E-state index contributed by atoms with van der Waals surface area (Å²) in [5, 5.41) is 5.02. The minimum atomic E-state index is 0.507. The molecule has 2 rings (SSSR count). The monoisotopic (exact) mass is 345 g/mol. The second-order valence-electron chi connectivity index (χ2n) is 4.10. The first-order valence-corrected chi connectivity index (χ1v) is 8.33. The van der Waals surface area contributed by atoms with Gasteiger partial charge in [0, 0.05) is 27.7 Å². The Labute approximate surface area is 138 Å². The minimum Gasteiger partial charge on any atom is -0.380 e. The highest BCUT2D eigenvalue weighted by molar-refractivity contribution is 7.99. The van der Waals surface area contributed by atoms with Gasteiger partial charge in [-0.25, -0.2) is 0 Å². The van der Waals surface area contributed by atoms with E-state index in [0.29, 0.717) is 21.6 Å². The van der Waals surface area contributed by atoms with Crippen LogP contribution in [-0.4, -0.2) is 5.75 Å². The molecule has 0 bridgehead atoms. The third-order valence-corrected chi connectivity index (χ3v) is 4.93. The highest BCUT2D eigenvalue weighted by Gasteiger charge is 2.10. The average molecular weight is 347 g/mol. The molecule has 5 heteroatoms. The molecule has 0 aliphatic heterocycles. The van der Waals surface area contributed by atoms with Crippen LogP contribution in [0.5, 0.6) is 0 Å². The second kappa shape index (κ2) is 7.46. The molecule has 0 aliphatic rings. The number of para-hydroxylation sites is 1. The van der Waals surface area contributed by atoms with Gasteiger partial charge in [0.05, 0.1) is 10.0 Å². The third-order valence-electron chi connectivity index (χ3n) is 2.78. The van der Waals surface area contributed by atoms with Crippen molar-refractivity contribution in [3.8, 4) is 0 Å². The number of benzene rings is 2. The van der Waals surface area contributed by atoms with Crippen LogP contribution in [0.15, 0.2) is 41.3 Å². The van der Waals surface area contributed by atoms with Crippen molar-refractivity contribution in [1.82, 2.24) is 0 Å². The fourth-order valence-electron chi connectivity index (χ4n) is 1.81. The van der Waals surface area contributed by atoms with Crippen molar-refractivity contribution in [3.05, 3.63) is 57.0 Å². The standard InChI is InChI=1S/C15H14Cl3NS/c1-2-20-14-6-4-3-5-13(14)19-9-10-11(16)7-8-12(17)15(10)18/h3-8,19H,2,9H2,1H3. The Bertz CT molecular complexity index is 602. The molecule has 0 fully saturated rings. The summed E-state index contributed by atoms with van der Waals surface area (Å²) in [5.41, 5.74) is 1.89. The summed E-state index contributed by atoms with van der Waals surface area (Å²) < 4.78 is 0. The van der Waals surface area contributed by atoms with Gasteiger partial charge in [0.1, 0.15) is 0 Å². The first kappa shape index (κ1) is 15.8. The summed E-state index contributed by atoms with van der Waals surface area (Å²) >= 11 is 20.2. The fraction of sp³-hybridized carbons (Fsp3) is 0.200. The molecule has 0 spiro atoms. The number of nitrogens with one attached hydrogen (secondary N) is 1. The van der Waals surface area contributed by atoms with Crippen LogP contribution in [0.2, 0.25) is 15.1 Å². The zero-order valence-electron chi connectivity index (χ0n) is 10.9. The number of halogens is 3. The number of rotatable bonds is 5. The summed E-state index contributed by atoms with van der Waals surface area (Å²) in [6, 6.07) is 11.6. The van der Waals surface area contributed by atoms with Gasteiger partial charge in [0.2, 0.25) is 0 Å². The predicted molar refractivity (Wildman–Crippen MR) is 91.6 cm³/mol. The van der Waals surface area contributed by atoms with Gasteiger partial charge in [-0.3, -0.25) is 0 Å². The summed E-state index contributed by atoms with van der Waals surface area (Å²) in [4.78, 5) is 1.21. The number of hydrogen-bond acceptors (Lipinski definition) is 2. The Morgan fingerprint density at radius 3 is 2.45 bits per heavy atom. The van der Waals surface area contributed by atoms with Crippen molar-refractivity contribution in [2.45, 2.75) is 18.4 Å². The molecule has 0 aliphatic carbocycles. The van der Waals surface area contributed by atoms with Crippen LogP contribution in [0.25, 0.3) is 0 Å². The van der Waals surface area contributed by atoms with Gasteiger partial charge in [-0.05, 0) is 30.0 Å². The van der Waals surface area contributed by atoms with Crippen molar-refractivity contribution in [3.63, 3.8) is 0 Å². The van der Waals surface area contributed by atoms with E-state index >= 15 is 0 Å². The SMILES string of the molecule is CCSc1ccccc1NCc1c(Cl)ccc(Cl)c1Cl. The molecular formula is C15H14Cl3NS. The molecule has 2 aromatic rings. The Morgan fingerprint density at radius 2 is 1.70 bits per heavy atom. The lowest BCUT2D eigenvalue weighted by atomic mass is 10.2. The molecule has 20 heavy (non-hydrogen) atoms. The van der Waals surface area contributed by atoms with Crippen molar-refractivity contribution in [2.24, 2.45) is 0 Å². The third kappa shape index (κ3) is 3.76. The van der Waals surface area contributed by atoms with E-state index in [4.69, 9.17) is 34.8 Å². The predicted octanol–water partition coefficient (Wildman–Crippen LogP) is 6.37. The highest BCUT2D eigenvalue weighted by atomic mass is 35.5. The van der Waals surface area contributed by atoms with Crippen LogP contribution in [-0.2, 0) is 6.54 Å². The maximum atomic E-state index is 6.20. The van der Waals surface area contributed by atoms with E-state index in [1.54, 1.807) is 23.9 Å². The van der Waals surface area contributed by atoms with Gasteiger partial charge in [-0.15, -0.1) is 11.8 Å². The zero-order valence-corrected chi connectivity index (χ0v) is 14.0. The van der Waals surface area contributed by atoms with Gasteiger partial charge in [-0.2, -0.15) is 0 Å². The van der Waals surface area contributed by atoms with Crippen LogP contribution in [0.1, 0.15) is 12.5 Å². The average Bonchev–Trinajstić information content (AvgIpc) is 2.45. The molecule has 0 saturated heterocycles. The van der Waals surface area contributed by atoms with E-state index in [9.17, 15) is 0 Å². The quantitative estimate of drug-likeness (QED) is 0.498. The fourth-order valence-corrected chi connectivity index (χ4v) is 3.27. The van der Waals surface area contributed by atoms with Crippen molar-refractivity contribution >= 4 is 52.3 Å². The molecular weight excluding hydrogens is 333 g/mol. The normalized spacial score (nSPS) is 10.6. The smallest absolute Gasteiger partial charge is 0.0657 e. The minimum absolute atomic E-state index is 0.507. The molecule has 1 nitrogen and oxygen atoms in total. The second-order valence-corrected chi connectivity index (χ2v) is 6.60. The lowest BCUT2D eigenvalue weighted by molar-refractivity contribution is 1.13.